The molecular weight excluding hydrogens is 272 g/mol. The summed E-state index contributed by atoms with van der Waals surface area (Å²) in [5.41, 5.74) is 2.87. The van der Waals surface area contributed by atoms with Crippen LogP contribution in [0.15, 0.2) is 23.3 Å². The van der Waals surface area contributed by atoms with Gasteiger partial charge in [0.15, 0.2) is 5.78 Å². The molecule has 2 nitrogen and oxygen atoms in total. The van der Waals surface area contributed by atoms with E-state index in [0.29, 0.717) is 19.3 Å². The van der Waals surface area contributed by atoms with Gasteiger partial charge in [-0.05, 0) is 49.7 Å². The molecule has 0 amide bonds. The molecule has 0 aromatic carbocycles. The van der Waals surface area contributed by atoms with Crippen molar-refractivity contribution in [2.24, 2.45) is 5.41 Å². The Hall–Kier alpha value is -1.18. The lowest BCUT2D eigenvalue weighted by atomic mass is 9.72. The number of carbonyl (C=O) groups excluding carboxylic acids is 2. The summed E-state index contributed by atoms with van der Waals surface area (Å²) < 4.78 is 0. The second kappa shape index (κ2) is 9.07. The van der Waals surface area contributed by atoms with Crippen LogP contribution in [0.4, 0.5) is 0 Å². The van der Waals surface area contributed by atoms with E-state index in [4.69, 9.17) is 0 Å². The molecule has 1 aliphatic carbocycles. The average molecular weight is 304 g/mol. The molecule has 0 aliphatic heterocycles. The highest BCUT2D eigenvalue weighted by Crippen LogP contribution is 2.40. The summed E-state index contributed by atoms with van der Waals surface area (Å²) in [6.45, 7) is 8.79. The molecule has 0 heterocycles. The van der Waals surface area contributed by atoms with Gasteiger partial charge in [-0.1, -0.05) is 45.3 Å². The van der Waals surface area contributed by atoms with Crippen LogP contribution in [0.1, 0.15) is 85.5 Å². The highest BCUT2D eigenvalue weighted by molar-refractivity contribution is 5.93. The number of hydrogen-bond donors (Lipinski definition) is 0. The molecule has 0 saturated heterocycles. The summed E-state index contributed by atoms with van der Waals surface area (Å²) in [6.07, 6.45) is 11.8. The van der Waals surface area contributed by atoms with Crippen molar-refractivity contribution in [2.45, 2.75) is 85.5 Å². The van der Waals surface area contributed by atoms with Crippen LogP contribution in [-0.4, -0.2) is 11.6 Å². The minimum Gasteiger partial charge on any atom is -0.300 e. The summed E-state index contributed by atoms with van der Waals surface area (Å²) in [7, 11) is 0. The van der Waals surface area contributed by atoms with Gasteiger partial charge in [0.1, 0.15) is 5.78 Å². The van der Waals surface area contributed by atoms with E-state index in [-0.39, 0.29) is 17.0 Å². The van der Waals surface area contributed by atoms with Gasteiger partial charge >= 0.3 is 0 Å². The molecular formula is C20H32O2. The quantitative estimate of drug-likeness (QED) is 0.412. The van der Waals surface area contributed by atoms with Crippen LogP contribution in [0.2, 0.25) is 0 Å². The minimum atomic E-state index is 0.0746. The van der Waals surface area contributed by atoms with E-state index in [1.807, 2.05) is 6.08 Å². The van der Waals surface area contributed by atoms with Crippen molar-refractivity contribution >= 4 is 11.6 Å². The standard InChI is InChI=1S/C20H32O2/c1-5-6-7-10-17(21)11-12-18(22)13-14-19-16(2)9-8-15-20(19,3)4/h13-14H,5-12,15H2,1-4H3/b14-13+. The minimum absolute atomic E-state index is 0.0746. The van der Waals surface area contributed by atoms with Gasteiger partial charge in [-0.2, -0.15) is 0 Å². The van der Waals surface area contributed by atoms with Crippen molar-refractivity contribution in [1.82, 2.24) is 0 Å². The Kier molecular flexibility index (Phi) is 7.78. The fourth-order valence-corrected chi connectivity index (χ4v) is 3.23. The van der Waals surface area contributed by atoms with Gasteiger partial charge in [0.05, 0.1) is 0 Å². The predicted molar refractivity (Wildman–Crippen MR) is 92.9 cm³/mol. The number of carbonyl (C=O) groups is 2. The van der Waals surface area contributed by atoms with Crippen molar-refractivity contribution < 1.29 is 9.59 Å². The zero-order valence-electron chi connectivity index (χ0n) is 14.8. The second-order valence-electron chi connectivity index (χ2n) is 7.23. The number of hydrogen-bond acceptors (Lipinski definition) is 2. The lowest BCUT2D eigenvalue weighted by Gasteiger charge is -2.32. The lowest BCUT2D eigenvalue weighted by Crippen LogP contribution is -2.19. The molecule has 0 spiro atoms. The summed E-state index contributed by atoms with van der Waals surface area (Å²) in [5.74, 6) is 0.300. The lowest BCUT2D eigenvalue weighted by molar-refractivity contribution is -0.122. The molecule has 1 aliphatic rings. The van der Waals surface area contributed by atoms with Crippen LogP contribution < -0.4 is 0 Å². The van der Waals surface area contributed by atoms with E-state index in [0.717, 1.165) is 25.7 Å². The van der Waals surface area contributed by atoms with Gasteiger partial charge < -0.3 is 0 Å². The summed E-state index contributed by atoms with van der Waals surface area (Å²) >= 11 is 0. The molecule has 0 aromatic rings. The van der Waals surface area contributed by atoms with E-state index in [1.54, 1.807) is 6.08 Å². The molecule has 0 atom stereocenters. The second-order valence-corrected chi connectivity index (χ2v) is 7.23. The SMILES string of the molecule is CCCCCC(=O)CCC(=O)/C=C/C1=C(C)CCCC1(C)C. The summed E-state index contributed by atoms with van der Waals surface area (Å²) in [6, 6.07) is 0. The Morgan fingerprint density at radius 1 is 1.14 bits per heavy atom. The first-order valence-corrected chi connectivity index (χ1v) is 8.79. The fraction of sp³-hybridized carbons (Fsp3) is 0.700. The zero-order valence-corrected chi connectivity index (χ0v) is 14.8. The molecule has 124 valence electrons. The first kappa shape index (κ1) is 18.9. The van der Waals surface area contributed by atoms with Crippen LogP contribution >= 0.6 is 0 Å². The molecule has 0 saturated carbocycles. The van der Waals surface area contributed by atoms with E-state index in [2.05, 4.69) is 27.7 Å². The topological polar surface area (TPSA) is 34.1 Å². The highest BCUT2D eigenvalue weighted by Gasteiger charge is 2.26. The molecule has 0 aromatic heterocycles. The van der Waals surface area contributed by atoms with E-state index in [1.165, 1.54) is 24.0 Å². The summed E-state index contributed by atoms with van der Waals surface area (Å²) in [5, 5.41) is 0. The largest absolute Gasteiger partial charge is 0.300 e. The first-order valence-electron chi connectivity index (χ1n) is 8.79. The molecule has 0 radical (unpaired) electrons. The van der Waals surface area contributed by atoms with Gasteiger partial charge in [0.25, 0.3) is 0 Å². The molecule has 0 N–H and O–H groups in total. The van der Waals surface area contributed by atoms with Crippen molar-refractivity contribution in [3.8, 4) is 0 Å². The van der Waals surface area contributed by atoms with Crippen molar-refractivity contribution in [2.75, 3.05) is 0 Å². The fourth-order valence-electron chi connectivity index (χ4n) is 3.23. The van der Waals surface area contributed by atoms with Crippen LogP contribution in [0.3, 0.4) is 0 Å². The van der Waals surface area contributed by atoms with Gasteiger partial charge in [0.2, 0.25) is 0 Å². The van der Waals surface area contributed by atoms with E-state index in [9.17, 15) is 9.59 Å². The molecule has 0 fully saturated rings. The summed E-state index contributed by atoms with van der Waals surface area (Å²) in [4.78, 5) is 23.7. The van der Waals surface area contributed by atoms with Crippen molar-refractivity contribution in [1.29, 1.82) is 0 Å². The maximum atomic E-state index is 12.0. The Labute approximate surface area is 136 Å². The monoisotopic (exact) mass is 304 g/mol. The molecule has 1 rings (SSSR count). The Morgan fingerprint density at radius 2 is 1.86 bits per heavy atom. The molecule has 0 bridgehead atoms. The van der Waals surface area contributed by atoms with Crippen LogP contribution in [0.5, 0.6) is 0 Å². The van der Waals surface area contributed by atoms with Crippen LogP contribution in [-0.2, 0) is 9.59 Å². The van der Waals surface area contributed by atoms with Gasteiger partial charge in [-0.15, -0.1) is 0 Å². The highest BCUT2D eigenvalue weighted by atomic mass is 16.1. The normalized spacial score (nSPS) is 18.0. The van der Waals surface area contributed by atoms with Crippen LogP contribution in [0.25, 0.3) is 0 Å². The Balaban J connectivity index is 2.46. The van der Waals surface area contributed by atoms with Gasteiger partial charge in [0, 0.05) is 19.3 Å². The zero-order chi connectivity index (χ0) is 16.6. The maximum Gasteiger partial charge on any atom is 0.156 e. The number of unbranched alkanes of at least 4 members (excludes halogenated alkanes) is 2. The van der Waals surface area contributed by atoms with Crippen molar-refractivity contribution in [3.63, 3.8) is 0 Å². The van der Waals surface area contributed by atoms with Crippen molar-refractivity contribution in [3.05, 3.63) is 23.3 Å². The molecule has 0 unspecified atom stereocenters. The molecule has 2 heteroatoms. The smallest absolute Gasteiger partial charge is 0.156 e. The van der Waals surface area contributed by atoms with E-state index >= 15 is 0 Å². The van der Waals surface area contributed by atoms with Gasteiger partial charge in [-0.3, -0.25) is 9.59 Å². The van der Waals surface area contributed by atoms with Gasteiger partial charge in [-0.25, -0.2) is 0 Å². The average Bonchev–Trinajstić information content (AvgIpc) is 2.44. The number of ketones is 2. The predicted octanol–water partition coefficient (Wildman–Crippen LogP) is 5.57. The number of allylic oxidation sites excluding steroid dienone is 4. The Bertz CT molecular complexity index is 452. The maximum absolute atomic E-state index is 12.0. The Morgan fingerprint density at radius 3 is 2.50 bits per heavy atom. The number of Topliss-reactive ketones (excluding diaryl/α,β-unsaturated/α-hetero) is 1. The van der Waals surface area contributed by atoms with E-state index < -0.39 is 0 Å². The third-order valence-corrected chi connectivity index (χ3v) is 4.69. The number of rotatable bonds is 9. The third kappa shape index (κ3) is 6.29. The first-order chi connectivity index (χ1) is 10.4. The third-order valence-electron chi connectivity index (χ3n) is 4.69. The molecule has 22 heavy (non-hydrogen) atoms. The van der Waals surface area contributed by atoms with Crippen LogP contribution in [0, 0.1) is 5.41 Å².